The second kappa shape index (κ2) is 7.54. The molecular formula is C8H22Si2. The van der Waals surface area contributed by atoms with Crippen LogP contribution in [0.25, 0.3) is 0 Å². The molecule has 0 aliphatic heterocycles. The van der Waals surface area contributed by atoms with Crippen molar-refractivity contribution in [2.45, 2.75) is 51.0 Å². The van der Waals surface area contributed by atoms with Crippen LogP contribution >= 0.6 is 0 Å². The van der Waals surface area contributed by atoms with Gasteiger partial charge in [0.2, 0.25) is 0 Å². The van der Waals surface area contributed by atoms with Gasteiger partial charge < -0.3 is 0 Å². The first kappa shape index (κ1) is 10.4. The molecule has 0 aromatic rings. The molecule has 0 radical (unpaired) electrons. The molecule has 0 amide bonds. The third-order valence-corrected chi connectivity index (χ3v) is 6.17. The van der Waals surface area contributed by atoms with Crippen molar-refractivity contribution in [1.29, 1.82) is 0 Å². The van der Waals surface area contributed by atoms with Gasteiger partial charge in [0, 0.05) is 18.3 Å². The molecule has 0 aliphatic rings. The lowest BCUT2D eigenvalue weighted by Gasteiger charge is -2.00. The first-order valence-electron chi connectivity index (χ1n) is 4.77. The van der Waals surface area contributed by atoms with Gasteiger partial charge in [-0.25, -0.2) is 0 Å². The fourth-order valence-electron chi connectivity index (χ4n) is 1.16. The minimum atomic E-state index is -0.187. The van der Waals surface area contributed by atoms with E-state index in [1.165, 1.54) is 12.8 Å². The summed E-state index contributed by atoms with van der Waals surface area (Å²) in [7, 11) is 0.205. The first-order valence-corrected chi connectivity index (χ1v) is 9.90. The predicted octanol–water partition coefficient (Wildman–Crippen LogP) is 2.28. The fourth-order valence-corrected chi connectivity index (χ4v) is 6.78. The zero-order valence-electron chi connectivity index (χ0n) is 7.82. The van der Waals surface area contributed by atoms with Gasteiger partial charge in [0.25, 0.3) is 0 Å². The van der Waals surface area contributed by atoms with Crippen molar-refractivity contribution in [1.82, 2.24) is 0 Å². The smallest absolute Gasteiger partial charge is 0.0302 e. The van der Waals surface area contributed by atoms with Crippen LogP contribution in [0.15, 0.2) is 0 Å². The summed E-state index contributed by atoms with van der Waals surface area (Å²) in [5.74, 6) is 0. The summed E-state index contributed by atoms with van der Waals surface area (Å²) >= 11 is 0. The lowest BCUT2D eigenvalue weighted by atomic mass is 10.4. The van der Waals surface area contributed by atoms with Crippen LogP contribution in [0.1, 0.15) is 19.8 Å². The van der Waals surface area contributed by atoms with Crippen LogP contribution in [-0.2, 0) is 0 Å². The summed E-state index contributed by atoms with van der Waals surface area (Å²) < 4.78 is 0. The largest absolute Gasteiger partial charge is 0.0722 e. The van der Waals surface area contributed by atoms with Crippen molar-refractivity contribution in [3.63, 3.8) is 0 Å². The first-order chi connectivity index (χ1) is 4.77. The van der Waals surface area contributed by atoms with E-state index in [2.05, 4.69) is 20.0 Å². The minimum absolute atomic E-state index is 0.187. The van der Waals surface area contributed by atoms with Gasteiger partial charge in [0.1, 0.15) is 0 Å². The van der Waals surface area contributed by atoms with Crippen molar-refractivity contribution in [3.05, 3.63) is 0 Å². The average Bonchev–Trinajstić information content (AvgIpc) is 1.87. The molecule has 0 bridgehead atoms. The third kappa shape index (κ3) is 8.43. The Morgan fingerprint density at radius 1 is 1.20 bits per heavy atom. The molecule has 0 atom stereocenters. The van der Waals surface area contributed by atoms with E-state index in [1.807, 2.05) is 0 Å². The zero-order chi connectivity index (χ0) is 7.82. The summed E-state index contributed by atoms with van der Waals surface area (Å²) in [6.07, 6.45) is 2.91. The summed E-state index contributed by atoms with van der Waals surface area (Å²) in [5.41, 5.74) is 0. The summed E-state index contributed by atoms with van der Waals surface area (Å²) in [4.78, 5) is 0. The lowest BCUT2D eigenvalue weighted by molar-refractivity contribution is 0.877. The summed E-state index contributed by atoms with van der Waals surface area (Å²) in [6.45, 7) is 7.23. The van der Waals surface area contributed by atoms with E-state index < -0.39 is 0 Å². The van der Waals surface area contributed by atoms with Gasteiger partial charge in [-0.3, -0.25) is 0 Å². The lowest BCUT2D eigenvalue weighted by Crippen LogP contribution is -2.00. The number of rotatable bonds is 6. The number of hydrogen-bond acceptors (Lipinski definition) is 0. The van der Waals surface area contributed by atoms with E-state index in [0.717, 1.165) is 0 Å². The highest BCUT2D eigenvalue weighted by Crippen LogP contribution is 2.01. The standard InChI is InChI=1S/C8H22Si2/c1-4-5-6-9-7-8-10(2)3/h10H,4-9H2,1-3H3. The Bertz CT molecular complexity index is 62.3. The molecule has 0 N–H and O–H groups in total. The van der Waals surface area contributed by atoms with Crippen LogP contribution in [0.5, 0.6) is 0 Å². The molecule has 0 aliphatic carbocycles. The molecular weight excluding hydrogens is 152 g/mol. The molecule has 0 heterocycles. The van der Waals surface area contributed by atoms with Crippen LogP contribution in [0.2, 0.25) is 31.2 Å². The molecule has 2 heteroatoms. The molecule has 62 valence electrons. The van der Waals surface area contributed by atoms with Crippen LogP contribution in [0.3, 0.4) is 0 Å². The molecule has 0 aromatic heterocycles. The third-order valence-electron chi connectivity index (χ3n) is 1.89. The molecule has 0 rings (SSSR count). The minimum Gasteiger partial charge on any atom is -0.0722 e. The van der Waals surface area contributed by atoms with E-state index in [4.69, 9.17) is 0 Å². The molecule has 10 heavy (non-hydrogen) atoms. The topological polar surface area (TPSA) is 0 Å². The van der Waals surface area contributed by atoms with E-state index >= 15 is 0 Å². The number of hydrogen-bond donors (Lipinski definition) is 0. The molecule has 0 saturated heterocycles. The van der Waals surface area contributed by atoms with Gasteiger partial charge in [0.05, 0.1) is 0 Å². The monoisotopic (exact) mass is 174 g/mol. The van der Waals surface area contributed by atoms with Gasteiger partial charge in [-0.05, 0) is 0 Å². The van der Waals surface area contributed by atoms with Gasteiger partial charge in [0.15, 0.2) is 0 Å². The highest BCUT2D eigenvalue weighted by molar-refractivity contribution is 6.57. The number of unbranched alkanes of at least 4 members (excludes halogenated alkanes) is 1. The van der Waals surface area contributed by atoms with Crippen molar-refractivity contribution < 1.29 is 0 Å². The Morgan fingerprint density at radius 3 is 2.40 bits per heavy atom. The van der Waals surface area contributed by atoms with Crippen LogP contribution in [0, 0.1) is 0 Å². The molecule has 0 fully saturated rings. The second-order valence-corrected chi connectivity index (χ2v) is 9.08. The maximum absolute atomic E-state index is 2.47. The zero-order valence-corrected chi connectivity index (χ0v) is 10.4. The van der Waals surface area contributed by atoms with Gasteiger partial charge >= 0.3 is 0 Å². The van der Waals surface area contributed by atoms with Gasteiger partial charge in [-0.1, -0.05) is 51.0 Å². The van der Waals surface area contributed by atoms with Crippen LogP contribution in [-0.4, -0.2) is 18.3 Å². The van der Waals surface area contributed by atoms with E-state index in [9.17, 15) is 0 Å². The molecule has 0 aromatic carbocycles. The van der Waals surface area contributed by atoms with Gasteiger partial charge in [-0.15, -0.1) is 0 Å². The highest BCUT2D eigenvalue weighted by Gasteiger charge is 1.94. The van der Waals surface area contributed by atoms with Gasteiger partial charge in [-0.2, -0.15) is 0 Å². The maximum atomic E-state index is 2.47. The quantitative estimate of drug-likeness (QED) is 0.428. The normalized spacial score (nSPS) is 12.0. The van der Waals surface area contributed by atoms with Crippen LogP contribution in [0.4, 0.5) is 0 Å². The second-order valence-electron chi connectivity index (χ2n) is 3.60. The summed E-state index contributed by atoms with van der Waals surface area (Å²) in [5, 5.41) is 0. The van der Waals surface area contributed by atoms with E-state index in [-0.39, 0.29) is 8.80 Å². The SMILES string of the molecule is CCCC[SiH2]CC[SiH](C)C. The van der Waals surface area contributed by atoms with E-state index in [1.54, 1.807) is 18.1 Å². The predicted molar refractivity (Wildman–Crippen MR) is 56.8 cm³/mol. The molecule has 0 spiro atoms. The Hall–Kier alpha value is 0.434. The van der Waals surface area contributed by atoms with E-state index in [0.29, 0.717) is 9.52 Å². The van der Waals surface area contributed by atoms with Crippen molar-refractivity contribution in [3.8, 4) is 0 Å². The van der Waals surface area contributed by atoms with Crippen LogP contribution < -0.4 is 0 Å². The summed E-state index contributed by atoms with van der Waals surface area (Å²) in [6, 6.07) is 4.87. The molecule has 0 unspecified atom stereocenters. The van der Waals surface area contributed by atoms with Crippen molar-refractivity contribution in [2.75, 3.05) is 0 Å². The fraction of sp³-hybridized carbons (Fsp3) is 1.00. The maximum Gasteiger partial charge on any atom is 0.0302 e. The average molecular weight is 174 g/mol. The van der Waals surface area contributed by atoms with Crippen molar-refractivity contribution in [2.24, 2.45) is 0 Å². The Morgan fingerprint density at radius 2 is 1.90 bits per heavy atom. The Labute approximate surface area is 69.8 Å². The molecule has 0 nitrogen and oxygen atoms in total. The van der Waals surface area contributed by atoms with Crippen molar-refractivity contribution >= 4 is 18.3 Å². The Balaban J connectivity index is 2.77. The highest BCUT2D eigenvalue weighted by atomic mass is 28.3. The molecule has 0 saturated carbocycles. The Kier molecular flexibility index (Phi) is 7.87.